The van der Waals surface area contributed by atoms with Crippen molar-refractivity contribution in [3.05, 3.63) is 59.4 Å². The minimum atomic E-state index is -0.599. The van der Waals surface area contributed by atoms with Crippen molar-refractivity contribution in [1.29, 1.82) is 0 Å². The maximum absolute atomic E-state index is 13.3. The van der Waals surface area contributed by atoms with Gasteiger partial charge in [-0.1, -0.05) is 6.07 Å². The van der Waals surface area contributed by atoms with Gasteiger partial charge in [-0.2, -0.15) is 0 Å². The number of hydrogen-bond acceptors (Lipinski definition) is 2. The van der Waals surface area contributed by atoms with Crippen LogP contribution in [0.2, 0.25) is 0 Å². The monoisotopic (exact) mass is 234 g/mol. The van der Waals surface area contributed by atoms with Crippen LogP contribution in [0.4, 0.5) is 14.5 Å². The standard InChI is InChI=1S/C13H12F2N2/c1-9-3-2-6-16-13(9)8-17-12-5-4-10(14)7-11(12)15/h2-7,17H,8H2,1H3. The number of aromatic nitrogens is 1. The molecule has 0 unspecified atom stereocenters. The number of pyridine rings is 1. The Morgan fingerprint density at radius 3 is 2.76 bits per heavy atom. The molecular weight excluding hydrogens is 222 g/mol. The van der Waals surface area contributed by atoms with Crippen molar-refractivity contribution in [2.45, 2.75) is 13.5 Å². The van der Waals surface area contributed by atoms with Crippen molar-refractivity contribution < 1.29 is 8.78 Å². The Kier molecular flexibility index (Phi) is 3.32. The molecule has 0 spiro atoms. The lowest BCUT2D eigenvalue weighted by molar-refractivity contribution is 0.585. The van der Waals surface area contributed by atoms with Gasteiger partial charge in [0.2, 0.25) is 0 Å². The topological polar surface area (TPSA) is 24.9 Å². The summed E-state index contributed by atoms with van der Waals surface area (Å²) in [5.74, 6) is -1.18. The van der Waals surface area contributed by atoms with Crippen molar-refractivity contribution in [1.82, 2.24) is 4.98 Å². The van der Waals surface area contributed by atoms with E-state index in [9.17, 15) is 8.78 Å². The van der Waals surface area contributed by atoms with Crippen LogP contribution in [0.5, 0.6) is 0 Å². The zero-order chi connectivity index (χ0) is 12.3. The Morgan fingerprint density at radius 1 is 1.24 bits per heavy atom. The van der Waals surface area contributed by atoms with E-state index in [0.717, 1.165) is 17.3 Å². The number of hydrogen-bond donors (Lipinski definition) is 1. The van der Waals surface area contributed by atoms with E-state index in [-0.39, 0.29) is 5.69 Å². The van der Waals surface area contributed by atoms with Crippen LogP contribution in [0.1, 0.15) is 11.3 Å². The Morgan fingerprint density at radius 2 is 2.06 bits per heavy atom. The summed E-state index contributed by atoms with van der Waals surface area (Å²) >= 11 is 0. The highest BCUT2D eigenvalue weighted by Crippen LogP contribution is 2.16. The van der Waals surface area contributed by atoms with Crippen LogP contribution in [-0.2, 0) is 6.54 Å². The maximum atomic E-state index is 13.3. The molecule has 0 aliphatic heterocycles. The van der Waals surface area contributed by atoms with Gasteiger partial charge < -0.3 is 5.32 Å². The molecule has 0 radical (unpaired) electrons. The zero-order valence-electron chi connectivity index (χ0n) is 9.37. The summed E-state index contributed by atoms with van der Waals surface area (Å²) < 4.78 is 26.0. The molecule has 1 N–H and O–H groups in total. The number of aryl methyl sites for hydroxylation is 1. The molecule has 2 rings (SSSR count). The summed E-state index contributed by atoms with van der Waals surface area (Å²) in [7, 11) is 0. The van der Waals surface area contributed by atoms with Gasteiger partial charge in [0.05, 0.1) is 17.9 Å². The normalized spacial score (nSPS) is 10.3. The quantitative estimate of drug-likeness (QED) is 0.881. The third kappa shape index (κ3) is 2.78. The Labute approximate surface area is 98.3 Å². The molecule has 2 nitrogen and oxygen atoms in total. The molecule has 4 heteroatoms. The lowest BCUT2D eigenvalue weighted by Gasteiger charge is -2.08. The average molecular weight is 234 g/mol. The molecule has 0 saturated carbocycles. The number of benzene rings is 1. The third-order valence-corrected chi connectivity index (χ3v) is 2.50. The Bertz CT molecular complexity index is 527. The molecule has 1 heterocycles. The minimum absolute atomic E-state index is 0.274. The van der Waals surface area contributed by atoms with E-state index < -0.39 is 11.6 Å². The Balaban J connectivity index is 2.10. The molecule has 88 valence electrons. The third-order valence-electron chi connectivity index (χ3n) is 2.50. The van der Waals surface area contributed by atoms with Gasteiger partial charge in [-0.25, -0.2) is 8.78 Å². The van der Waals surface area contributed by atoms with Gasteiger partial charge in [0.1, 0.15) is 11.6 Å². The molecule has 17 heavy (non-hydrogen) atoms. The number of nitrogens with zero attached hydrogens (tertiary/aromatic N) is 1. The summed E-state index contributed by atoms with van der Waals surface area (Å²) in [4.78, 5) is 4.18. The number of nitrogens with one attached hydrogen (secondary N) is 1. The van der Waals surface area contributed by atoms with Gasteiger partial charge in [0.15, 0.2) is 0 Å². The van der Waals surface area contributed by atoms with E-state index in [1.54, 1.807) is 6.20 Å². The molecule has 0 saturated heterocycles. The van der Waals surface area contributed by atoms with E-state index in [1.807, 2.05) is 19.1 Å². The van der Waals surface area contributed by atoms with E-state index >= 15 is 0 Å². The molecule has 0 atom stereocenters. The first-order valence-corrected chi connectivity index (χ1v) is 5.26. The molecule has 2 aromatic rings. The molecule has 1 aromatic heterocycles. The summed E-state index contributed by atoms with van der Waals surface area (Å²) in [6, 6.07) is 7.23. The maximum Gasteiger partial charge on any atom is 0.149 e. The lowest BCUT2D eigenvalue weighted by Crippen LogP contribution is -2.05. The van der Waals surface area contributed by atoms with Crippen LogP contribution in [0, 0.1) is 18.6 Å². The highest BCUT2D eigenvalue weighted by atomic mass is 19.1. The number of rotatable bonds is 3. The molecule has 0 aliphatic rings. The second-order valence-electron chi connectivity index (χ2n) is 3.74. The first-order chi connectivity index (χ1) is 8.16. The first-order valence-electron chi connectivity index (χ1n) is 5.26. The van der Waals surface area contributed by atoms with Crippen molar-refractivity contribution in [3.63, 3.8) is 0 Å². The molecule has 0 amide bonds. The van der Waals surface area contributed by atoms with E-state index in [2.05, 4.69) is 10.3 Å². The summed E-state index contributed by atoms with van der Waals surface area (Å²) in [5, 5.41) is 2.89. The van der Waals surface area contributed by atoms with Crippen molar-refractivity contribution in [3.8, 4) is 0 Å². The van der Waals surface area contributed by atoms with E-state index in [0.29, 0.717) is 6.54 Å². The lowest BCUT2D eigenvalue weighted by atomic mass is 10.2. The molecule has 0 bridgehead atoms. The van der Waals surface area contributed by atoms with Crippen molar-refractivity contribution >= 4 is 5.69 Å². The fraction of sp³-hybridized carbons (Fsp3) is 0.154. The zero-order valence-corrected chi connectivity index (χ0v) is 9.37. The predicted molar refractivity (Wildman–Crippen MR) is 62.7 cm³/mol. The fourth-order valence-corrected chi connectivity index (χ4v) is 1.52. The number of halogens is 2. The molecule has 1 aromatic carbocycles. The molecular formula is C13H12F2N2. The highest BCUT2D eigenvalue weighted by molar-refractivity contribution is 5.45. The predicted octanol–water partition coefficient (Wildman–Crippen LogP) is 3.28. The van der Waals surface area contributed by atoms with Crippen LogP contribution in [0.15, 0.2) is 36.5 Å². The van der Waals surface area contributed by atoms with Crippen LogP contribution in [0.25, 0.3) is 0 Å². The fourth-order valence-electron chi connectivity index (χ4n) is 1.52. The van der Waals surface area contributed by atoms with Gasteiger partial charge in [-0.3, -0.25) is 4.98 Å². The largest absolute Gasteiger partial charge is 0.377 e. The molecule has 0 aliphatic carbocycles. The van der Waals surface area contributed by atoms with Crippen molar-refractivity contribution in [2.75, 3.05) is 5.32 Å². The highest BCUT2D eigenvalue weighted by Gasteiger charge is 2.04. The molecule has 0 fully saturated rings. The van der Waals surface area contributed by atoms with Crippen LogP contribution in [0.3, 0.4) is 0 Å². The number of anilines is 1. The first kappa shape index (κ1) is 11.5. The summed E-state index contributed by atoms with van der Waals surface area (Å²) in [5.41, 5.74) is 2.15. The smallest absolute Gasteiger partial charge is 0.149 e. The van der Waals surface area contributed by atoms with E-state index in [4.69, 9.17) is 0 Å². The summed E-state index contributed by atoms with van der Waals surface area (Å²) in [6.45, 7) is 2.35. The Hall–Kier alpha value is -1.97. The van der Waals surface area contributed by atoms with Crippen LogP contribution >= 0.6 is 0 Å². The average Bonchev–Trinajstić information content (AvgIpc) is 2.30. The van der Waals surface area contributed by atoms with Gasteiger partial charge in [-0.15, -0.1) is 0 Å². The van der Waals surface area contributed by atoms with Crippen LogP contribution in [-0.4, -0.2) is 4.98 Å². The van der Waals surface area contributed by atoms with Gasteiger partial charge in [-0.05, 0) is 30.7 Å². The minimum Gasteiger partial charge on any atom is -0.377 e. The second-order valence-corrected chi connectivity index (χ2v) is 3.74. The second kappa shape index (κ2) is 4.91. The van der Waals surface area contributed by atoms with E-state index in [1.165, 1.54) is 12.1 Å². The van der Waals surface area contributed by atoms with Crippen molar-refractivity contribution in [2.24, 2.45) is 0 Å². The van der Waals surface area contributed by atoms with Crippen LogP contribution < -0.4 is 5.32 Å². The SMILES string of the molecule is Cc1cccnc1CNc1ccc(F)cc1F. The summed E-state index contributed by atoms with van der Waals surface area (Å²) in [6.07, 6.45) is 1.69. The van der Waals surface area contributed by atoms with Gasteiger partial charge in [0, 0.05) is 12.3 Å². The van der Waals surface area contributed by atoms with Gasteiger partial charge in [0.25, 0.3) is 0 Å². The van der Waals surface area contributed by atoms with Gasteiger partial charge >= 0.3 is 0 Å².